The van der Waals surface area contributed by atoms with Gasteiger partial charge in [0.05, 0.1) is 25.4 Å². The van der Waals surface area contributed by atoms with Crippen molar-refractivity contribution in [3.63, 3.8) is 0 Å². The summed E-state index contributed by atoms with van der Waals surface area (Å²) in [7, 11) is 1.78. The maximum absolute atomic E-state index is 6.09. The molecule has 6 nitrogen and oxygen atoms in total. The number of hydrogen-bond donors (Lipinski definition) is 2. The summed E-state index contributed by atoms with van der Waals surface area (Å²) < 4.78 is 17.3. The maximum Gasteiger partial charge on any atom is 0.191 e. The Hall–Kier alpha value is -1.79. The number of benzene rings is 1. The van der Waals surface area contributed by atoms with Gasteiger partial charge < -0.3 is 24.8 Å². The Bertz CT molecular complexity index is 583. The number of nitrogens with zero attached hydrogens (tertiary/aromatic N) is 1. The number of nitrogens with one attached hydrogen (secondary N) is 2. The number of para-hydroxylation sites is 1. The van der Waals surface area contributed by atoms with Crippen LogP contribution < -0.4 is 15.4 Å². The van der Waals surface area contributed by atoms with Crippen LogP contribution in [-0.2, 0) is 16.0 Å². The predicted molar refractivity (Wildman–Crippen MR) is 103 cm³/mol. The summed E-state index contributed by atoms with van der Waals surface area (Å²) in [5.41, 5.74) is 1.15. The number of ether oxygens (including phenoxy) is 3. The monoisotopic (exact) mass is 361 g/mol. The van der Waals surface area contributed by atoms with Crippen LogP contribution in [0.4, 0.5) is 0 Å². The maximum atomic E-state index is 6.09. The number of rotatable bonds is 8. The third kappa shape index (κ3) is 5.61. The molecule has 2 fully saturated rings. The zero-order valence-electron chi connectivity index (χ0n) is 15.9. The van der Waals surface area contributed by atoms with Crippen LogP contribution in [0.2, 0.25) is 0 Å². The second-order valence-corrected chi connectivity index (χ2v) is 7.07. The van der Waals surface area contributed by atoms with Gasteiger partial charge in [-0.3, -0.25) is 4.99 Å². The molecule has 6 heteroatoms. The second-order valence-electron chi connectivity index (χ2n) is 7.07. The highest BCUT2D eigenvalue weighted by molar-refractivity contribution is 5.80. The van der Waals surface area contributed by atoms with E-state index in [9.17, 15) is 0 Å². The quantitative estimate of drug-likeness (QED) is 0.550. The molecule has 0 spiro atoms. The lowest BCUT2D eigenvalue weighted by Gasteiger charge is -2.27. The molecule has 1 saturated heterocycles. The molecule has 2 atom stereocenters. The van der Waals surface area contributed by atoms with E-state index in [-0.39, 0.29) is 12.1 Å². The van der Waals surface area contributed by atoms with Crippen LogP contribution in [0.15, 0.2) is 29.3 Å². The zero-order valence-corrected chi connectivity index (χ0v) is 15.9. The molecule has 2 aliphatic rings. The van der Waals surface area contributed by atoms with E-state index in [0.717, 1.165) is 43.1 Å². The third-order valence-corrected chi connectivity index (χ3v) is 4.84. The SMILES string of the molecule is CN=C(NCc1ccccc1OC1CCC1)NC(C)COC1CCOC1. The zero-order chi connectivity index (χ0) is 18.2. The average Bonchev–Trinajstić information content (AvgIpc) is 3.14. The number of aliphatic imine (C=N–C) groups is 1. The van der Waals surface area contributed by atoms with Crippen LogP contribution in [0.3, 0.4) is 0 Å². The van der Waals surface area contributed by atoms with Crippen molar-refractivity contribution in [2.75, 3.05) is 26.9 Å². The minimum absolute atomic E-state index is 0.170. The first-order valence-electron chi connectivity index (χ1n) is 9.65. The average molecular weight is 361 g/mol. The molecule has 1 aromatic rings. The summed E-state index contributed by atoms with van der Waals surface area (Å²) in [6, 6.07) is 8.38. The van der Waals surface area contributed by atoms with Crippen molar-refractivity contribution in [3.8, 4) is 5.75 Å². The highest BCUT2D eigenvalue weighted by atomic mass is 16.5. The molecule has 1 aromatic carbocycles. The Labute approximate surface area is 156 Å². The summed E-state index contributed by atoms with van der Waals surface area (Å²) in [5, 5.41) is 6.75. The molecular weight excluding hydrogens is 330 g/mol. The molecule has 26 heavy (non-hydrogen) atoms. The van der Waals surface area contributed by atoms with Crippen molar-refractivity contribution in [2.45, 2.75) is 57.4 Å². The molecule has 3 rings (SSSR count). The number of guanidine groups is 1. The first-order valence-corrected chi connectivity index (χ1v) is 9.65. The van der Waals surface area contributed by atoms with E-state index in [1.165, 1.54) is 6.42 Å². The van der Waals surface area contributed by atoms with Crippen molar-refractivity contribution in [3.05, 3.63) is 29.8 Å². The van der Waals surface area contributed by atoms with Crippen molar-refractivity contribution < 1.29 is 14.2 Å². The molecule has 144 valence electrons. The third-order valence-electron chi connectivity index (χ3n) is 4.84. The van der Waals surface area contributed by atoms with Crippen LogP contribution in [-0.4, -0.2) is 51.1 Å². The summed E-state index contributed by atoms with van der Waals surface area (Å²) in [6.07, 6.45) is 5.19. The van der Waals surface area contributed by atoms with E-state index in [0.29, 0.717) is 25.9 Å². The summed E-state index contributed by atoms with van der Waals surface area (Å²) >= 11 is 0. The predicted octanol–water partition coefficient (Wildman–Crippen LogP) is 2.48. The fourth-order valence-electron chi connectivity index (χ4n) is 3.01. The molecule has 0 amide bonds. The molecular formula is C20H31N3O3. The summed E-state index contributed by atoms with van der Waals surface area (Å²) in [5.74, 6) is 1.74. The lowest BCUT2D eigenvalue weighted by Crippen LogP contribution is -2.44. The van der Waals surface area contributed by atoms with Crippen molar-refractivity contribution in [1.29, 1.82) is 0 Å². The minimum Gasteiger partial charge on any atom is -0.490 e. The normalized spacial score (nSPS) is 21.9. The molecule has 1 saturated carbocycles. The van der Waals surface area contributed by atoms with Crippen LogP contribution in [0.5, 0.6) is 5.75 Å². The molecule has 0 aromatic heterocycles. The minimum atomic E-state index is 0.170. The second kappa shape index (κ2) is 9.78. The van der Waals surface area contributed by atoms with Crippen molar-refractivity contribution in [2.24, 2.45) is 4.99 Å². The van der Waals surface area contributed by atoms with Gasteiger partial charge in [-0.05, 0) is 38.7 Å². The van der Waals surface area contributed by atoms with Gasteiger partial charge in [-0.1, -0.05) is 18.2 Å². The van der Waals surface area contributed by atoms with Crippen LogP contribution >= 0.6 is 0 Å². The van der Waals surface area contributed by atoms with Gasteiger partial charge >= 0.3 is 0 Å². The Kier molecular flexibility index (Phi) is 7.14. The van der Waals surface area contributed by atoms with Crippen molar-refractivity contribution in [1.82, 2.24) is 10.6 Å². The van der Waals surface area contributed by atoms with Gasteiger partial charge in [-0.2, -0.15) is 0 Å². The van der Waals surface area contributed by atoms with Gasteiger partial charge in [-0.15, -0.1) is 0 Å². The molecule has 1 heterocycles. The van der Waals surface area contributed by atoms with Crippen LogP contribution in [0.25, 0.3) is 0 Å². The van der Waals surface area contributed by atoms with Gasteiger partial charge in [0.1, 0.15) is 5.75 Å². The lowest BCUT2D eigenvalue weighted by molar-refractivity contribution is 0.0347. The summed E-state index contributed by atoms with van der Waals surface area (Å²) in [6.45, 7) is 4.91. The molecule has 2 unspecified atom stereocenters. The Balaban J connectivity index is 1.44. The lowest BCUT2D eigenvalue weighted by atomic mass is 9.96. The van der Waals surface area contributed by atoms with E-state index in [2.05, 4.69) is 28.6 Å². The number of hydrogen-bond acceptors (Lipinski definition) is 4. The first kappa shape index (κ1) is 19.0. The van der Waals surface area contributed by atoms with Crippen LogP contribution in [0.1, 0.15) is 38.2 Å². The van der Waals surface area contributed by atoms with E-state index in [1.807, 2.05) is 18.2 Å². The topological polar surface area (TPSA) is 64.1 Å². The first-order chi connectivity index (χ1) is 12.7. The van der Waals surface area contributed by atoms with Gasteiger partial charge in [-0.25, -0.2) is 0 Å². The Morgan fingerprint density at radius 2 is 2.12 bits per heavy atom. The van der Waals surface area contributed by atoms with E-state index >= 15 is 0 Å². The Morgan fingerprint density at radius 1 is 1.27 bits per heavy atom. The van der Waals surface area contributed by atoms with Gasteiger partial charge in [0.15, 0.2) is 5.96 Å². The van der Waals surface area contributed by atoms with Crippen molar-refractivity contribution >= 4 is 5.96 Å². The highest BCUT2D eigenvalue weighted by Gasteiger charge is 2.20. The largest absolute Gasteiger partial charge is 0.490 e. The van der Waals surface area contributed by atoms with Crippen LogP contribution in [0, 0.1) is 0 Å². The molecule has 1 aliphatic heterocycles. The fourth-order valence-corrected chi connectivity index (χ4v) is 3.01. The molecule has 1 aliphatic carbocycles. The van der Waals surface area contributed by atoms with E-state index in [4.69, 9.17) is 14.2 Å². The molecule has 0 bridgehead atoms. The standard InChI is InChI=1S/C20H31N3O3/c1-15(13-25-18-10-11-24-14-18)23-20(21-2)22-12-16-6-3-4-9-19(16)26-17-7-5-8-17/h3-4,6,9,15,17-18H,5,7-8,10-14H2,1-2H3,(H2,21,22,23). The molecule has 0 radical (unpaired) electrons. The van der Waals surface area contributed by atoms with E-state index in [1.54, 1.807) is 7.05 Å². The van der Waals surface area contributed by atoms with Gasteiger partial charge in [0, 0.05) is 31.8 Å². The van der Waals surface area contributed by atoms with Gasteiger partial charge in [0.25, 0.3) is 0 Å². The Morgan fingerprint density at radius 3 is 2.81 bits per heavy atom. The summed E-state index contributed by atoms with van der Waals surface area (Å²) in [4.78, 5) is 4.31. The van der Waals surface area contributed by atoms with Gasteiger partial charge in [0.2, 0.25) is 0 Å². The fraction of sp³-hybridized carbons (Fsp3) is 0.650. The van der Waals surface area contributed by atoms with E-state index < -0.39 is 0 Å². The molecule has 2 N–H and O–H groups in total. The highest BCUT2D eigenvalue weighted by Crippen LogP contribution is 2.27. The smallest absolute Gasteiger partial charge is 0.191 e.